The smallest absolute Gasteiger partial charge is 0.246 e. The van der Waals surface area contributed by atoms with Crippen molar-refractivity contribution in [3.63, 3.8) is 0 Å². The van der Waals surface area contributed by atoms with Crippen molar-refractivity contribution in [3.8, 4) is 11.5 Å². The molecule has 0 spiro atoms. The second-order valence-electron chi connectivity index (χ2n) is 7.39. The molecule has 0 radical (unpaired) electrons. The fraction of sp³-hybridized carbons (Fsp3) is 0.632. The lowest BCUT2D eigenvalue weighted by Crippen LogP contribution is -2.51. The average Bonchev–Trinajstić information content (AvgIpc) is 3.53. The highest BCUT2D eigenvalue weighted by atomic mass is 32.2. The van der Waals surface area contributed by atoms with Crippen LogP contribution in [0.4, 0.5) is 0 Å². The molecule has 1 aromatic carbocycles. The summed E-state index contributed by atoms with van der Waals surface area (Å²) in [6.45, 7) is 4.02. The number of carbonyl (C=O) groups is 1. The Bertz CT molecular complexity index is 802. The number of carbonyl (C=O) groups excluding carboxylic acids is 1. The standard InChI is InChI=1S/C19H29N3O5S/c1-14(15-4-5-15)20-19(23)13-21-8-10-22(11-9-21)28(24,25)18-12-16(26-2)6-7-17(18)27-3/h6-7,12,14-15H,4-5,8-11,13H2,1-3H3,(H,20,23)/t14-/m0/s1. The van der Waals surface area contributed by atoms with Crippen molar-refractivity contribution in [2.75, 3.05) is 46.9 Å². The molecule has 3 rings (SSSR count). The van der Waals surface area contributed by atoms with Crippen LogP contribution < -0.4 is 14.8 Å². The van der Waals surface area contributed by atoms with Gasteiger partial charge in [-0.15, -0.1) is 0 Å². The normalized spacial score (nSPS) is 19.8. The third kappa shape index (κ3) is 4.76. The van der Waals surface area contributed by atoms with E-state index in [1.165, 1.54) is 37.4 Å². The SMILES string of the molecule is COc1ccc(OC)c(S(=O)(=O)N2CCN(CC(=O)N[C@@H](C)C3CC3)CC2)c1. The molecule has 1 amide bonds. The predicted octanol–water partition coefficient (Wildman–Crippen LogP) is 0.925. The van der Waals surface area contributed by atoms with E-state index in [0.717, 1.165) is 0 Å². The summed E-state index contributed by atoms with van der Waals surface area (Å²) in [7, 11) is -0.774. The molecule has 0 unspecified atom stereocenters. The summed E-state index contributed by atoms with van der Waals surface area (Å²) in [5.41, 5.74) is 0. The number of ether oxygens (including phenoxy) is 2. The molecule has 1 saturated carbocycles. The molecule has 28 heavy (non-hydrogen) atoms. The Kier molecular flexibility index (Phi) is 6.47. The average molecular weight is 412 g/mol. The number of benzene rings is 1. The van der Waals surface area contributed by atoms with Crippen molar-refractivity contribution in [2.45, 2.75) is 30.7 Å². The number of nitrogens with one attached hydrogen (secondary N) is 1. The lowest BCUT2D eigenvalue weighted by Gasteiger charge is -2.34. The first kappa shape index (κ1) is 20.9. The molecule has 1 aliphatic heterocycles. The Morgan fingerprint density at radius 1 is 1.18 bits per heavy atom. The molecule has 1 N–H and O–H groups in total. The van der Waals surface area contributed by atoms with Crippen molar-refractivity contribution in [2.24, 2.45) is 5.92 Å². The summed E-state index contributed by atoms with van der Waals surface area (Å²) >= 11 is 0. The highest BCUT2D eigenvalue weighted by Crippen LogP contribution is 2.32. The maximum atomic E-state index is 13.1. The molecule has 1 aliphatic carbocycles. The van der Waals surface area contributed by atoms with Gasteiger partial charge in [0.25, 0.3) is 0 Å². The summed E-state index contributed by atoms with van der Waals surface area (Å²) in [5, 5.41) is 3.04. The predicted molar refractivity (Wildman–Crippen MR) is 105 cm³/mol. The second kappa shape index (κ2) is 8.67. The molecule has 156 valence electrons. The van der Waals surface area contributed by atoms with Gasteiger partial charge in [-0.3, -0.25) is 9.69 Å². The summed E-state index contributed by atoms with van der Waals surface area (Å²) in [4.78, 5) is 14.3. The number of sulfonamides is 1. The third-order valence-electron chi connectivity index (χ3n) is 5.40. The first-order chi connectivity index (χ1) is 13.3. The fourth-order valence-electron chi connectivity index (χ4n) is 3.47. The van der Waals surface area contributed by atoms with Crippen molar-refractivity contribution in [1.29, 1.82) is 0 Å². The van der Waals surface area contributed by atoms with Crippen LogP contribution in [0, 0.1) is 5.92 Å². The summed E-state index contributed by atoms with van der Waals surface area (Å²) in [6, 6.07) is 4.95. The maximum Gasteiger partial charge on any atom is 0.246 e. The van der Waals surface area contributed by atoms with Crippen LogP contribution in [0.25, 0.3) is 0 Å². The summed E-state index contributed by atoms with van der Waals surface area (Å²) < 4.78 is 38.0. The quantitative estimate of drug-likeness (QED) is 0.685. The molecule has 1 saturated heterocycles. The van der Waals surface area contributed by atoms with E-state index in [1.54, 1.807) is 12.1 Å². The van der Waals surface area contributed by atoms with Gasteiger partial charge in [0.15, 0.2) is 0 Å². The number of piperazine rings is 1. The first-order valence-electron chi connectivity index (χ1n) is 9.59. The second-order valence-corrected chi connectivity index (χ2v) is 9.30. The number of methoxy groups -OCH3 is 2. The summed E-state index contributed by atoms with van der Waals surface area (Å²) in [5.74, 6) is 1.37. The number of hydrogen-bond acceptors (Lipinski definition) is 6. The molecule has 8 nitrogen and oxygen atoms in total. The van der Waals surface area contributed by atoms with Crippen LogP contribution in [0.3, 0.4) is 0 Å². The van der Waals surface area contributed by atoms with Crippen LogP contribution in [0.1, 0.15) is 19.8 Å². The van der Waals surface area contributed by atoms with Crippen LogP contribution in [-0.4, -0.2) is 76.5 Å². The molecule has 2 fully saturated rings. The topological polar surface area (TPSA) is 88.2 Å². The molecule has 2 aliphatic rings. The molecule has 1 heterocycles. The fourth-order valence-corrected chi connectivity index (χ4v) is 5.06. The van der Waals surface area contributed by atoms with Gasteiger partial charge in [0.2, 0.25) is 15.9 Å². The zero-order valence-electron chi connectivity index (χ0n) is 16.7. The van der Waals surface area contributed by atoms with Crippen molar-refractivity contribution < 1.29 is 22.7 Å². The van der Waals surface area contributed by atoms with E-state index in [0.29, 0.717) is 44.4 Å². The Labute approximate surface area is 166 Å². The number of hydrogen-bond donors (Lipinski definition) is 1. The number of amides is 1. The van der Waals surface area contributed by atoms with Gasteiger partial charge in [-0.05, 0) is 37.8 Å². The van der Waals surface area contributed by atoms with E-state index in [4.69, 9.17) is 9.47 Å². The van der Waals surface area contributed by atoms with Gasteiger partial charge in [0.05, 0.1) is 20.8 Å². The minimum Gasteiger partial charge on any atom is -0.497 e. The van der Waals surface area contributed by atoms with Crippen LogP contribution in [0.2, 0.25) is 0 Å². The van der Waals surface area contributed by atoms with Gasteiger partial charge in [-0.2, -0.15) is 4.31 Å². The minimum atomic E-state index is -3.71. The maximum absolute atomic E-state index is 13.1. The molecule has 0 aromatic heterocycles. The van der Waals surface area contributed by atoms with Gasteiger partial charge < -0.3 is 14.8 Å². The molecule has 0 bridgehead atoms. The Hall–Kier alpha value is -1.84. The van der Waals surface area contributed by atoms with E-state index in [-0.39, 0.29) is 22.6 Å². The van der Waals surface area contributed by atoms with E-state index < -0.39 is 10.0 Å². The van der Waals surface area contributed by atoms with Crippen LogP contribution >= 0.6 is 0 Å². The zero-order chi connectivity index (χ0) is 20.3. The van der Waals surface area contributed by atoms with Gasteiger partial charge in [0, 0.05) is 38.3 Å². The van der Waals surface area contributed by atoms with Crippen molar-refractivity contribution >= 4 is 15.9 Å². The van der Waals surface area contributed by atoms with E-state index >= 15 is 0 Å². The minimum absolute atomic E-state index is 0.00479. The van der Waals surface area contributed by atoms with Crippen LogP contribution in [-0.2, 0) is 14.8 Å². The first-order valence-corrected chi connectivity index (χ1v) is 11.0. The number of rotatable bonds is 8. The monoisotopic (exact) mass is 411 g/mol. The highest BCUT2D eigenvalue weighted by Gasteiger charge is 2.33. The van der Waals surface area contributed by atoms with Crippen LogP contribution in [0.5, 0.6) is 11.5 Å². The van der Waals surface area contributed by atoms with E-state index in [1.807, 2.05) is 11.8 Å². The molecule has 9 heteroatoms. The van der Waals surface area contributed by atoms with E-state index in [2.05, 4.69) is 5.32 Å². The third-order valence-corrected chi connectivity index (χ3v) is 7.32. The lowest BCUT2D eigenvalue weighted by atomic mass is 10.2. The Morgan fingerprint density at radius 2 is 1.86 bits per heavy atom. The molecule has 1 atom stereocenters. The Morgan fingerprint density at radius 3 is 2.43 bits per heavy atom. The number of nitrogens with zero attached hydrogens (tertiary/aromatic N) is 2. The summed E-state index contributed by atoms with van der Waals surface area (Å²) in [6.07, 6.45) is 2.37. The van der Waals surface area contributed by atoms with Gasteiger partial charge in [-0.1, -0.05) is 0 Å². The Balaban J connectivity index is 1.60. The van der Waals surface area contributed by atoms with Gasteiger partial charge >= 0.3 is 0 Å². The largest absolute Gasteiger partial charge is 0.497 e. The van der Waals surface area contributed by atoms with Gasteiger partial charge in [-0.25, -0.2) is 8.42 Å². The zero-order valence-corrected chi connectivity index (χ0v) is 17.5. The highest BCUT2D eigenvalue weighted by molar-refractivity contribution is 7.89. The van der Waals surface area contributed by atoms with Crippen molar-refractivity contribution in [1.82, 2.24) is 14.5 Å². The van der Waals surface area contributed by atoms with Crippen LogP contribution in [0.15, 0.2) is 23.1 Å². The molecule has 1 aromatic rings. The molecular formula is C19H29N3O5S. The molecular weight excluding hydrogens is 382 g/mol. The van der Waals surface area contributed by atoms with Gasteiger partial charge in [0.1, 0.15) is 16.4 Å². The van der Waals surface area contributed by atoms with Crippen molar-refractivity contribution in [3.05, 3.63) is 18.2 Å². The lowest BCUT2D eigenvalue weighted by molar-refractivity contribution is -0.123. The van der Waals surface area contributed by atoms with E-state index in [9.17, 15) is 13.2 Å².